The number of anilines is 1. The van der Waals surface area contributed by atoms with Gasteiger partial charge >= 0.3 is 0 Å². The standard InChI is InChI=1S/C14H22N2O2/c1-17-7-3-2-6-16-12-4-5-14-11(8-12)9-13(10-15)18-14/h4-5,8,13,16H,2-3,6-7,9-10,15H2,1H3. The number of nitrogens with two attached hydrogens (primary N) is 1. The minimum Gasteiger partial charge on any atom is -0.488 e. The van der Waals surface area contributed by atoms with Gasteiger partial charge in [0.15, 0.2) is 0 Å². The fraction of sp³-hybridized carbons (Fsp3) is 0.571. The monoisotopic (exact) mass is 250 g/mol. The minimum atomic E-state index is 0.150. The van der Waals surface area contributed by atoms with Crippen molar-refractivity contribution in [2.24, 2.45) is 5.73 Å². The van der Waals surface area contributed by atoms with Gasteiger partial charge in [-0.05, 0) is 36.6 Å². The maximum atomic E-state index is 5.70. The predicted molar refractivity (Wildman–Crippen MR) is 73.2 cm³/mol. The first-order valence-corrected chi connectivity index (χ1v) is 6.56. The molecule has 2 rings (SSSR count). The van der Waals surface area contributed by atoms with Gasteiger partial charge in [0.1, 0.15) is 11.9 Å². The lowest BCUT2D eigenvalue weighted by Crippen LogP contribution is -2.24. The Morgan fingerprint density at radius 3 is 3.11 bits per heavy atom. The summed E-state index contributed by atoms with van der Waals surface area (Å²) < 4.78 is 10.7. The Kier molecular flexibility index (Phi) is 4.84. The van der Waals surface area contributed by atoms with Gasteiger partial charge in [0.2, 0.25) is 0 Å². The van der Waals surface area contributed by atoms with E-state index in [4.69, 9.17) is 15.2 Å². The van der Waals surface area contributed by atoms with Crippen molar-refractivity contribution in [1.82, 2.24) is 0 Å². The van der Waals surface area contributed by atoms with Crippen LogP contribution >= 0.6 is 0 Å². The summed E-state index contributed by atoms with van der Waals surface area (Å²) >= 11 is 0. The molecule has 0 spiro atoms. The Hall–Kier alpha value is -1.26. The molecule has 0 bridgehead atoms. The first kappa shape index (κ1) is 13.2. The summed E-state index contributed by atoms with van der Waals surface area (Å²) in [5.41, 5.74) is 8.04. The third kappa shape index (κ3) is 3.37. The molecule has 0 aromatic heterocycles. The summed E-state index contributed by atoms with van der Waals surface area (Å²) in [6, 6.07) is 6.26. The maximum Gasteiger partial charge on any atom is 0.123 e. The van der Waals surface area contributed by atoms with Gasteiger partial charge in [0.05, 0.1) is 0 Å². The van der Waals surface area contributed by atoms with Crippen molar-refractivity contribution in [3.63, 3.8) is 0 Å². The number of nitrogens with one attached hydrogen (secondary N) is 1. The van der Waals surface area contributed by atoms with E-state index in [1.165, 1.54) is 5.56 Å². The third-order valence-electron chi connectivity index (χ3n) is 3.17. The molecule has 0 saturated heterocycles. The molecule has 4 heteroatoms. The number of hydrogen-bond donors (Lipinski definition) is 2. The molecular formula is C14H22N2O2. The first-order valence-electron chi connectivity index (χ1n) is 6.56. The Balaban J connectivity index is 1.81. The largest absolute Gasteiger partial charge is 0.488 e. The van der Waals surface area contributed by atoms with Crippen LogP contribution in [0.25, 0.3) is 0 Å². The molecule has 0 aliphatic carbocycles. The highest BCUT2D eigenvalue weighted by atomic mass is 16.5. The molecule has 1 aliphatic heterocycles. The van der Waals surface area contributed by atoms with Gasteiger partial charge in [-0.1, -0.05) is 0 Å². The molecule has 3 N–H and O–H groups in total. The van der Waals surface area contributed by atoms with Crippen molar-refractivity contribution < 1.29 is 9.47 Å². The van der Waals surface area contributed by atoms with Crippen molar-refractivity contribution in [2.45, 2.75) is 25.4 Å². The van der Waals surface area contributed by atoms with Crippen LogP contribution in [0.2, 0.25) is 0 Å². The van der Waals surface area contributed by atoms with Crippen LogP contribution < -0.4 is 15.8 Å². The molecule has 0 fully saturated rings. The van der Waals surface area contributed by atoms with E-state index in [9.17, 15) is 0 Å². The molecule has 18 heavy (non-hydrogen) atoms. The van der Waals surface area contributed by atoms with Crippen LogP contribution in [0.5, 0.6) is 5.75 Å². The van der Waals surface area contributed by atoms with E-state index >= 15 is 0 Å². The molecule has 4 nitrogen and oxygen atoms in total. The van der Waals surface area contributed by atoms with E-state index in [0.29, 0.717) is 6.54 Å². The highest BCUT2D eigenvalue weighted by Gasteiger charge is 2.21. The van der Waals surface area contributed by atoms with Crippen molar-refractivity contribution >= 4 is 5.69 Å². The molecule has 1 atom stereocenters. The smallest absolute Gasteiger partial charge is 0.123 e. The molecule has 1 aliphatic rings. The third-order valence-corrected chi connectivity index (χ3v) is 3.17. The van der Waals surface area contributed by atoms with E-state index < -0.39 is 0 Å². The van der Waals surface area contributed by atoms with Crippen LogP contribution in [-0.4, -0.2) is 32.9 Å². The van der Waals surface area contributed by atoms with Crippen LogP contribution in [0.4, 0.5) is 5.69 Å². The highest BCUT2D eigenvalue weighted by molar-refractivity contribution is 5.52. The molecule has 0 saturated carbocycles. The Morgan fingerprint density at radius 1 is 1.44 bits per heavy atom. The number of rotatable bonds is 7. The number of benzene rings is 1. The zero-order valence-corrected chi connectivity index (χ0v) is 10.9. The first-order chi connectivity index (χ1) is 8.83. The molecule has 1 heterocycles. The van der Waals surface area contributed by atoms with Crippen LogP contribution in [0.3, 0.4) is 0 Å². The second-order valence-corrected chi connectivity index (χ2v) is 4.63. The van der Waals surface area contributed by atoms with Crippen LogP contribution in [0.1, 0.15) is 18.4 Å². The van der Waals surface area contributed by atoms with Gasteiger partial charge in [0, 0.05) is 38.9 Å². The van der Waals surface area contributed by atoms with Crippen molar-refractivity contribution in [1.29, 1.82) is 0 Å². The summed E-state index contributed by atoms with van der Waals surface area (Å²) in [5, 5.41) is 3.42. The van der Waals surface area contributed by atoms with Gasteiger partial charge in [-0.2, -0.15) is 0 Å². The summed E-state index contributed by atoms with van der Waals surface area (Å²) in [5.74, 6) is 0.982. The average molecular weight is 250 g/mol. The molecule has 1 unspecified atom stereocenters. The summed E-state index contributed by atoms with van der Waals surface area (Å²) in [6.07, 6.45) is 3.28. The second-order valence-electron chi connectivity index (χ2n) is 4.63. The van der Waals surface area contributed by atoms with Crippen LogP contribution in [-0.2, 0) is 11.2 Å². The van der Waals surface area contributed by atoms with Gasteiger partial charge in [-0.15, -0.1) is 0 Å². The molecule has 1 aromatic rings. The molecule has 0 amide bonds. The fourth-order valence-corrected chi connectivity index (χ4v) is 2.17. The summed E-state index contributed by atoms with van der Waals surface area (Å²) in [7, 11) is 1.74. The normalized spacial score (nSPS) is 17.3. The topological polar surface area (TPSA) is 56.5 Å². The zero-order chi connectivity index (χ0) is 12.8. The van der Waals surface area contributed by atoms with Gasteiger partial charge in [-0.25, -0.2) is 0 Å². The van der Waals surface area contributed by atoms with E-state index in [-0.39, 0.29) is 6.10 Å². The van der Waals surface area contributed by atoms with E-state index in [2.05, 4.69) is 17.4 Å². The van der Waals surface area contributed by atoms with Crippen molar-refractivity contribution in [3.05, 3.63) is 23.8 Å². The average Bonchev–Trinajstić information content (AvgIpc) is 2.80. The maximum absolute atomic E-state index is 5.70. The number of hydrogen-bond acceptors (Lipinski definition) is 4. The number of fused-ring (bicyclic) bond motifs is 1. The highest BCUT2D eigenvalue weighted by Crippen LogP contribution is 2.30. The predicted octanol–water partition coefficient (Wildman–Crippen LogP) is 1.79. The molecular weight excluding hydrogens is 228 g/mol. The van der Waals surface area contributed by atoms with E-state index in [0.717, 1.165) is 43.9 Å². The Labute approximate surface area is 108 Å². The lowest BCUT2D eigenvalue weighted by molar-refractivity contribution is 0.194. The number of unbranched alkanes of at least 4 members (excludes halogenated alkanes) is 1. The number of ether oxygens (including phenoxy) is 2. The molecule has 100 valence electrons. The number of methoxy groups -OCH3 is 1. The van der Waals surface area contributed by atoms with E-state index in [1.54, 1.807) is 7.11 Å². The van der Waals surface area contributed by atoms with E-state index in [1.807, 2.05) is 6.07 Å². The van der Waals surface area contributed by atoms with Crippen LogP contribution in [0, 0.1) is 0 Å². The SMILES string of the molecule is COCCCCNc1ccc2c(c1)CC(CN)O2. The lowest BCUT2D eigenvalue weighted by Gasteiger charge is -2.08. The fourth-order valence-electron chi connectivity index (χ4n) is 2.17. The minimum absolute atomic E-state index is 0.150. The van der Waals surface area contributed by atoms with Gasteiger partial charge in [-0.3, -0.25) is 0 Å². The lowest BCUT2D eigenvalue weighted by atomic mass is 10.1. The van der Waals surface area contributed by atoms with Crippen LogP contribution in [0.15, 0.2) is 18.2 Å². The summed E-state index contributed by atoms with van der Waals surface area (Å²) in [6.45, 7) is 2.38. The quantitative estimate of drug-likeness (QED) is 0.724. The van der Waals surface area contributed by atoms with Gasteiger partial charge < -0.3 is 20.5 Å². The zero-order valence-electron chi connectivity index (χ0n) is 10.9. The Bertz CT molecular complexity index is 382. The van der Waals surface area contributed by atoms with Crippen molar-refractivity contribution in [2.75, 3.05) is 32.1 Å². The van der Waals surface area contributed by atoms with Gasteiger partial charge in [0.25, 0.3) is 0 Å². The summed E-state index contributed by atoms with van der Waals surface area (Å²) in [4.78, 5) is 0. The molecule has 0 radical (unpaired) electrons. The van der Waals surface area contributed by atoms with Crippen molar-refractivity contribution in [3.8, 4) is 5.75 Å². The molecule has 1 aromatic carbocycles. The second kappa shape index (κ2) is 6.61. The Morgan fingerprint density at radius 2 is 2.33 bits per heavy atom.